The first-order valence-corrected chi connectivity index (χ1v) is 8.30. The van der Waals surface area contributed by atoms with Gasteiger partial charge < -0.3 is 4.74 Å². The van der Waals surface area contributed by atoms with Crippen molar-refractivity contribution < 1.29 is 9.53 Å². The lowest BCUT2D eigenvalue weighted by atomic mass is 10.1. The Morgan fingerprint density at radius 1 is 1.22 bits per heavy atom. The monoisotopic (exact) mass is 323 g/mol. The van der Waals surface area contributed by atoms with Gasteiger partial charge in [0, 0.05) is 11.6 Å². The minimum absolute atomic E-state index is 0.321. The van der Waals surface area contributed by atoms with Crippen LogP contribution < -0.4 is 0 Å². The first-order valence-electron chi connectivity index (χ1n) is 7.48. The van der Waals surface area contributed by atoms with Crippen LogP contribution >= 0.6 is 11.3 Å². The molecule has 0 amide bonds. The molecule has 0 saturated heterocycles. The molecule has 0 aliphatic heterocycles. The predicted molar refractivity (Wildman–Crippen MR) is 95.5 cm³/mol. The molecule has 3 rings (SSSR count). The Labute approximate surface area is 139 Å². The van der Waals surface area contributed by atoms with E-state index < -0.39 is 0 Å². The van der Waals surface area contributed by atoms with Crippen molar-refractivity contribution in [2.75, 3.05) is 6.61 Å². The highest BCUT2D eigenvalue weighted by Crippen LogP contribution is 2.30. The maximum atomic E-state index is 11.3. The molecule has 23 heavy (non-hydrogen) atoms. The molecule has 0 unspecified atom stereocenters. The van der Waals surface area contributed by atoms with E-state index in [1.807, 2.05) is 24.3 Å². The number of aromatic nitrogens is 1. The Bertz CT molecular complexity index is 863. The van der Waals surface area contributed by atoms with Crippen LogP contribution in [0, 0.1) is 6.92 Å². The SMILES string of the molecule is CCOC(=O)/C=C/c1ccc(-c2nc3ccc(C)cc3s2)cc1. The first kappa shape index (κ1) is 15.4. The van der Waals surface area contributed by atoms with Gasteiger partial charge in [-0.05, 0) is 43.2 Å². The van der Waals surface area contributed by atoms with Gasteiger partial charge in [-0.3, -0.25) is 0 Å². The standard InChI is InChI=1S/C19H17NO2S/c1-3-22-18(21)11-7-14-5-8-15(9-6-14)19-20-16-10-4-13(2)12-17(16)23-19/h4-12H,3H2,1-2H3/b11-7+. The van der Waals surface area contributed by atoms with Gasteiger partial charge in [-0.2, -0.15) is 0 Å². The third kappa shape index (κ3) is 3.66. The summed E-state index contributed by atoms with van der Waals surface area (Å²) in [7, 11) is 0. The van der Waals surface area contributed by atoms with Gasteiger partial charge in [0.05, 0.1) is 16.8 Å². The molecule has 0 fully saturated rings. The minimum atomic E-state index is -0.321. The van der Waals surface area contributed by atoms with Crippen LogP contribution in [0.5, 0.6) is 0 Å². The van der Waals surface area contributed by atoms with Crippen molar-refractivity contribution in [1.29, 1.82) is 0 Å². The largest absolute Gasteiger partial charge is 0.463 e. The number of ether oxygens (including phenoxy) is 1. The molecular weight excluding hydrogens is 306 g/mol. The Kier molecular flexibility index (Phi) is 4.53. The minimum Gasteiger partial charge on any atom is -0.463 e. The van der Waals surface area contributed by atoms with E-state index in [-0.39, 0.29) is 5.97 Å². The summed E-state index contributed by atoms with van der Waals surface area (Å²) < 4.78 is 6.07. The van der Waals surface area contributed by atoms with Crippen LogP contribution in [0.2, 0.25) is 0 Å². The molecule has 0 saturated carbocycles. The summed E-state index contributed by atoms with van der Waals surface area (Å²) >= 11 is 1.69. The zero-order chi connectivity index (χ0) is 16.2. The van der Waals surface area contributed by atoms with Gasteiger partial charge in [0.2, 0.25) is 0 Å². The number of benzene rings is 2. The summed E-state index contributed by atoms with van der Waals surface area (Å²) in [4.78, 5) is 16.0. The fourth-order valence-electron chi connectivity index (χ4n) is 2.25. The van der Waals surface area contributed by atoms with E-state index >= 15 is 0 Å². The molecule has 1 heterocycles. The number of hydrogen-bond acceptors (Lipinski definition) is 4. The lowest BCUT2D eigenvalue weighted by Crippen LogP contribution is -1.98. The average molecular weight is 323 g/mol. The van der Waals surface area contributed by atoms with Crippen molar-refractivity contribution in [3.8, 4) is 10.6 Å². The van der Waals surface area contributed by atoms with Crippen LogP contribution in [0.25, 0.3) is 26.9 Å². The topological polar surface area (TPSA) is 39.2 Å². The number of nitrogens with zero attached hydrogens (tertiary/aromatic N) is 1. The van der Waals surface area contributed by atoms with Gasteiger partial charge in [-0.15, -0.1) is 11.3 Å². The maximum absolute atomic E-state index is 11.3. The molecular formula is C19H17NO2S. The van der Waals surface area contributed by atoms with Crippen molar-refractivity contribution >= 4 is 33.6 Å². The Balaban J connectivity index is 1.82. The maximum Gasteiger partial charge on any atom is 0.330 e. The van der Waals surface area contributed by atoms with E-state index in [1.165, 1.54) is 16.3 Å². The van der Waals surface area contributed by atoms with E-state index in [4.69, 9.17) is 4.74 Å². The Morgan fingerprint density at radius 3 is 2.74 bits per heavy atom. The molecule has 1 aromatic heterocycles. The molecule has 3 nitrogen and oxygen atoms in total. The van der Waals surface area contributed by atoms with E-state index in [0.29, 0.717) is 6.61 Å². The second kappa shape index (κ2) is 6.75. The summed E-state index contributed by atoms with van der Waals surface area (Å²) in [5.74, 6) is -0.321. The number of rotatable bonds is 4. The third-order valence-electron chi connectivity index (χ3n) is 3.40. The summed E-state index contributed by atoms with van der Waals surface area (Å²) in [6, 6.07) is 14.3. The summed E-state index contributed by atoms with van der Waals surface area (Å²) in [6.07, 6.45) is 3.20. The molecule has 0 bridgehead atoms. The number of carbonyl (C=O) groups excluding carboxylic acids is 1. The molecule has 4 heteroatoms. The Hall–Kier alpha value is -2.46. The van der Waals surface area contributed by atoms with Gasteiger partial charge in [-0.1, -0.05) is 30.3 Å². The molecule has 2 aromatic carbocycles. The van der Waals surface area contributed by atoms with Gasteiger partial charge >= 0.3 is 5.97 Å². The molecule has 0 spiro atoms. The third-order valence-corrected chi connectivity index (χ3v) is 4.47. The van der Waals surface area contributed by atoms with Gasteiger partial charge in [-0.25, -0.2) is 9.78 Å². The van der Waals surface area contributed by atoms with E-state index in [1.54, 1.807) is 24.3 Å². The molecule has 116 valence electrons. The molecule has 0 atom stereocenters. The molecule has 0 aliphatic rings. The highest BCUT2D eigenvalue weighted by atomic mass is 32.1. The summed E-state index contributed by atoms with van der Waals surface area (Å²) in [5.41, 5.74) is 4.31. The number of thiazole rings is 1. The van der Waals surface area contributed by atoms with Crippen molar-refractivity contribution in [2.24, 2.45) is 0 Å². The second-order valence-corrected chi connectivity index (χ2v) is 6.23. The zero-order valence-corrected chi connectivity index (χ0v) is 13.9. The normalized spacial score (nSPS) is 11.2. The lowest BCUT2D eigenvalue weighted by Gasteiger charge is -1.98. The van der Waals surface area contributed by atoms with Gasteiger partial charge in [0.1, 0.15) is 5.01 Å². The van der Waals surface area contributed by atoms with Crippen molar-refractivity contribution in [3.05, 3.63) is 59.7 Å². The van der Waals surface area contributed by atoms with E-state index in [0.717, 1.165) is 21.7 Å². The van der Waals surface area contributed by atoms with E-state index in [2.05, 4.69) is 30.1 Å². The quantitative estimate of drug-likeness (QED) is 0.509. The molecule has 0 N–H and O–H groups in total. The van der Waals surface area contributed by atoms with Crippen molar-refractivity contribution in [2.45, 2.75) is 13.8 Å². The van der Waals surface area contributed by atoms with Crippen LogP contribution in [0.3, 0.4) is 0 Å². The number of fused-ring (bicyclic) bond motifs is 1. The smallest absolute Gasteiger partial charge is 0.330 e. The van der Waals surface area contributed by atoms with Crippen LogP contribution in [0.1, 0.15) is 18.1 Å². The highest BCUT2D eigenvalue weighted by Gasteiger charge is 2.06. The predicted octanol–water partition coefficient (Wildman–Crippen LogP) is 4.85. The zero-order valence-electron chi connectivity index (χ0n) is 13.1. The molecule has 0 radical (unpaired) electrons. The number of aryl methyl sites for hydroxylation is 1. The van der Waals surface area contributed by atoms with Crippen LogP contribution in [-0.4, -0.2) is 17.6 Å². The number of esters is 1. The fourth-order valence-corrected chi connectivity index (χ4v) is 3.32. The van der Waals surface area contributed by atoms with Gasteiger partial charge in [0.15, 0.2) is 0 Å². The lowest BCUT2D eigenvalue weighted by molar-refractivity contribution is -0.137. The average Bonchev–Trinajstić information content (AvgIpc) is 2.97. The van der Waals surface area contributed by atoms with Crippen LogP contribution in [0.15, 0.2) is 48.5 Å². The Morgan fingerprint density at radius 2 is 2.00 bits per heavy atom. The van der Waals surface area contributed by atoms with Crippen LogP contribution in [0.4, 0.5) is 0 Å². The van der Waals surface area contributed by atoms with Gasteiger partial charge in [0.25, 0.3) is 0 Å². The first-order chi connectivity index (χ1) is 11.2. The number of carbonyl (C=O) groups is 1. The second-order valence-electron chi connectivity index (χ2n) is 5.20. The summed E-state index contributed by atoms with van der Waals surface area (Å²) in [6.45, 7) is 4.27. The molecule has 0 aliphatic carbocycles. The van der Waals surface area contributed by atoms with E-state index in [9.17, 15) is 4.79 Å². The van der Waals surface area contributed by atoms with Crippen molar-refractivity contribution in [3.63, 3.8) is 0 Å². The molecule has 3 aromatic rings. The summed E-state index contributed by atoms with van der Waals surface area (Å²) in [5, 5.41) is 1.01. The number of hydrogen-bond donors (Lipinski definition) is 0. The fraction of sp³-hybridized carbons (Fsp3) is 0.158. The van der Waals surface area contributed by atoms with Crippen molar-refractivity contribution in [1.82, 2.24) is 4.98 Å². The van der Waals surface area contributed by atoms with Crippen LogP contribution in [-0.2, 0) is 9.53 Å². The highest BCUT2D eigenvalue weighted by molar-refractivity contribution is 7.21.